The molecular weight excluding hydrogens is 757 g/mol. The molecule has 1 aliphatic heterocycles. The number of fused-ring (bicyclic) bond motifs is 7. The van der Waals surface area contributed by atoms with E-state index in [1.165, 1.54) is 68.1 Å². The highest BCUT2D eigenvalue weighted by Gasteiger charge is 2.70. The SMILES string of the molecule is C=C(C)[C@@H]1CC[C@]2(NCCN3CCS(=O)(=O)CC3)CC[C@]3(C)[C@H](CC[C@@H]4[C@@]5(C)CC=C(C6=CC[C@@](COc7ncccc7C#N)(C(=O)O)CC6)C(C)(C)[C@@H]5CC[C@]43C)[C@@H]12. The molecule has 0 spiro atoms. The molecule has 2 heterocycles. The van der Waals surface area contributed by atoms with E-state index in [0.29, 0.717) is 67.5 Å². The predicted octanol–water partition coefficient (Wildman–Crippen LogP) is 8.78. The maximum Gasteiger partial charge on any atom is 0.313 e. The van der Waals surface area contributed by atoms with Crippen molar-refractivity contribution in [2.24, 2.45) is 56.7 Å². The quantitative estimate of drug-likeness (QED) is 0.222. The fourth-order valence-electron chi connectivity index (χ4n) is 15.4. The summed E-state index contributed by atoms with van der Waals surface area (Å²) in [6, 6.07) is 5.43. The van der Waals surface area contributed by atoms with Crippen LogP contribution in [0.25, 0.3) is 0 Å². The molecule has 0 amide bonds. The van der Waals surface area contributed by atoms with Gasteiger partial charge in [0.2, 0.25) is 5.88 Å². The number of sulfone groups is 1. The number of hydrogen-bond donors (Lipinski definition) is 2. The molecule has 0 unspecified atom stereocenters. The van der Waals surface area contributed by atoms with Crippen molar-refractivity contribution < 1.29 is 23.1 Å². The van der Waals surface area contributed by atoms with Crippen LogP contribution in [0.1, 0.15) is 124 Å². The summed E-state index contributed by atoms with van der Waals surface area (Å²) in [4.78, 5) is 19.4. The fraction of sp³-hybridized carbons (Fsp3) is 0.735. The lowest BCUT2D eigenvalue weighted by Gasteiger charge is -2.72. The number of nitrogens with zero attached hydrogens (tertiary/aromatic N) is 3. The maximum absolute atomic E-state index is 12.8. The number of aliphatic carboxylic acids is 1. The fourth-order valence-corrected chi connectivity index (χ4v) is 16.6. The molecule has 4 saturated carbocycles. The first-order chi connectivity index (χ1) is 27.8. The Kier molecular flexibility index (Phi) is 10.9. The van der Waals surface area contributed by atoms with Crippen LogP contribution < -0.4 is 10.1 Å². The van der Waals surface area contributed by atoms with Crippen molar-refractivity contribution >= 4 is 15.8 Å². The molecule has 0 radical (unpaired) electrons. The summed E-state index contributed by atoms with van der Waals surface area (Å²) in [7, 11) is -2.88. The van der Waals surface area contributed by atoms with Gasteiger partial charge in [-0.15, -0.1) is 0 Å². The Bertz CT molecular complexity index is 2060. The highest BCUT2D eigenvalue weighted by atomic mass is 32.2. The van der Waals surface area contributed by atoms with Crippen LogP contribution in [0.2, 0.25) is 0 Å². The molecule has 6 aliphatic carbocycles. The zero-order valence-electron chi connectivity index (χ0n) is 36.7. The average molecular weight is 827 g/mol. The molecule has 8 rings (SSSR count). The zero-order valence-corrected chi connectivity index (χ0v) is 37.6. The van der Waals surface area contributed by atoms with Gasteiger partial charge in [0.15, 0.2) is 9.84 Å². The second kappa shape index (κ2) is 15.1. The Morgan fingerprint density at radius 2 is 1.76 bits per heavy atom. The molecule has 2 N–H and O–H groups in total. The number of ether oxygens (including phenoxy) is 1. The Morgan fingerprint density at radius 1 is 1.00 bits per heavy atom. The third kappa shape index (κ3) is 6.87. The van der Waals surface area contributed by atoms with Crippen LogP contribution in [0.4, 0.5) is 0 Å². The zero-order chi connectivity index (χ0) is 42.2. The number of nitrogens with one attached hydrogen (secondary N) is 1. The van der Waals surface area contributed by atoms with Gasteiger partial charge in [0.1, 0.15) is 23.7 Å². The van der Waals surface area contributed by atoms with Gasteiger partial charge in [-0.3, -0.25) is 4.79 Å². The minimum Gasteiger partial charge on any atom is -0.481 e. The predicted molar refractivity (Wildman–Crippen MR) is 232 cm³/mol. The normalized spacial score (nSPS) is 41.1. The Labute approximate surface area is 354 Å². The van der Waals surface area contributed by atoms with Gasteiger partial charge in [-0.05, 0) is 159 Å². The number of carboxylic acids is 1. The van der Waals surface area contributed by atoms with Crippen LogP contribution in [-0.2, 0) is 14.6 Å². The van der Waals surface area contributed by atoms with E-state index in [0.717, 1.165) is 19.5 Å². The van der Waals surface area contributed by atoms with E-state index in [9.17, 15) is 23.6 Å². The van der Waals surface area contributed by atoms with Gasteiger partial charge >= 0.3 is 5.97 Å². The van der Waals surface area contributed by atoms with Gasteiger partial charge in [0, 0.05) is 37.9 Å². The lowest BCUT2D eigenvalue weighted by molar-refractivity contribution is -0.221. The first-order valence-corrected chi connectivity index (χ1v) is 24.6. The maximum atomic E-state index is 12.8. The molecule has 322 valence electrons. The number of aromatic nitrogens is 1. The van der Waals surface area contributed by atoms with Crippen LogP contribution in [0.15, 0.2) is 53.8 Å². The van der Waals surface area contributed by atoms with Gasteiger partial charge in [-0.25, -0.2) is 13.4 Å². The second-order valence-corrected chi connectivity index (χ2v) is 23.9. The lowest BCUT2D eigenvalue weighted by Crippen LogP contribution is -2.68. The van der Waals surface area contributed by atoms with Crippen LogP contribution in [0.3, 0.4) is 0 Å². The Morgan fingerprint density at radius 3 is 2.44 bits per heavy atom. The Hall–Kier alpha value is -3.00. The van der Waals surface area contributed by atoms with Crippen molar-refractivity contribution in [3.63, 3.8) is 0 Å². The van der Waals surface area contributed by atoms with Gasteiger partial charge in [-0.1, -0.05) is 58.9 Å². The third-order valence-electron chi connectivity index (χ3n) is 18.8. The number of carbonyl (C=O) groups is 1. The highest BCUT2D eigenvalue weighted by Crippen LogP contribution is 2.76. The van der Waals surface area contributed by atoms with Gasteiger partial charge in [0.25, 0.3) is 0 Å². The molecule has 5 fully saturated rings. The van der Waals surface area contributed by atoms with Crippen molar-refractivity contribution in [1.29, 1.82) is 5.26 Å². The summed E-state index contributed by atoms with van der Waals surface area (Å²) in [5, 5.41) is 24.2. The van der Waals surface area contributed by atoms with Crippen molar-refractivity contribution in [3.8, 4) is 11.9 Å². The lowest BCUT2D eigenvalue weighted by atomic mass is 9.33. The first-order valence-electron chi connectivity index (χ1n) is 22.8. The first kappa shape index (κ1) is 42.7. The van der Waals surface area contributed by atoms with Crippen molar-refractivity contribution in [1.82, 2.24) is 15.2 Å². The van der Waals surface area contributed by atoms with Crippen LogP contribution >= 0.6 is 0 Å². The summed E-state index contributed by atoms with van der Waals surface area (Å²) in [5.41, 5.74) is 4.09. The monoisotopic (exact) mass is 827 g/mol. The molecule has 7 aliphatic rings. The van der Waals surface area contributed by atoms with Gasteiger partial charge in [-0.2, -0.15) is 5.26 Å². The number of pyridine rings is 1. The molecule has 1 aromatic heterocycles. The summed E-state index contributed by atoms with van der Waals surface area (Å²) in [5.74, 6) is 2.85. The number of hydrogen-bond acceptors (Lipinski definition) is 8. The third-order valence-corrected chi connectivity index (χ3v) is 20.4. The largest absolute Gasteiger partial charge is 0.481 e. The molecule has 0 bridgehead atoms. The van der Waals surface area contributed by atoms with Crippen molar-refractivity contribution in [3.05, 3.63) is 59.3 Å². The van der Waals surface area contributed by atoms with Crippen LogP contribution in [0, 0.1) is 68.0 Å². The molecule has 59 heavy (non-hydrogen) atoms. The van der Waals surface area contributed by atoms with Crippen molar-refractivity contribution in [2.45, 2.75) is 124 Å². The molecule has 1 aromatic rings. The van der Waals surface area contributed by atoms with E-state index in [1.807, 2.05) is 0 Å². The molecule has 10 atom stereocenters. The molecular formula is C49H70N4O5S. The van der Waals surface area contributed by atoms with Gasteiger partial charge in [0.05, 0.1) is 11.5 Å². The molecule has 10 heteroatoms. The minimum atomic E-state index is -2.88. The summed E-state index contributed by atoms with van der Waals surface area (Å²) < 4.78 is 30.1. The van der Waals surface area contributed by atoms with E-state index < -0.39 is 21.2 Å². The van der Waals surface area contributed by atoms with E-state index >= 15 is 0 Å². The molecule has 0 aromatic carbocycles. The number of carboxylic acid groups (broad SMARTS) is 1. The van der Waals surface area contributed by atoms with E-state index in [2.05, 4.69) is 81.5 Å². The van der Waals surface area contributed by atoms with E-state index in [-0.39, 0.29) is 51.2 Å². The molecule has 1 saturated heterocycles. The van der Waals surface area contributed by atoms with E-state index in [1.54, 1.807) is 18.3 Å². The number of nitriles is 1. The van der Waals surface area contributed by atoms with E-state index in [4.69, 9.17) is 4.74 Å². The van der Waals surface area contributed by atoms with Gasteiger partial charge < -0.3 is 20.1 Å². The molecule has 9 nitrogen and oxygen atoms in total. The average Bonchev–Trinajstić information content (AvgIpc) is 3.58. The number of allylic oxidation sites excluding steroid dienone is 5. The standard InChI is InChI=1S/C49H70N4O5S/c1-33(2)36-14-21-49(52-25-26-53-27-29-59(56,57)30-28-53)23-22-46(6)38(41(36)49)10-11-40-45(5)17-15-37(44(3,4)39(45)16-18-47(40,46)7)34-12-19-48(20-13-34,43(54)55)32-58-42-35(31-50)9-8-24-51-42/h8-9,12,15,24,36,38-41,52H,1,10-11,13-14,16-23,25-30,32H2,2-7H3,(H,54,55)/t36-,38+,39-,40+,41+,45-,46+,47+,48+,49-/m0/s1. The summed E-state index contributed by atoms with van der Waals surface area (Å²) >= 11 is 0. The summed E-state index contributed by atoms with van der Waals surface area (Å²) in [6.45, 7) is 23.0. The minimum absolute atomic E-state index is 0.0149. The van der Waals surface area contributed by atoms with Crippen molar-refractivity contribution in [2.75, 3.05) is 44.3 Å². The van der Waals surface area contributed by atoms with Crippen LogP contribution in [0.5, 0.6) is 5.88 Å². The Balaban J connectivity index is 1.01. The van der Waals surface area contributed by atoms with Crippen LogP contribution in [-0.4, -0.2) is 79.2 Å². The topological polar surface area (TPSA) is 133 Å². The highest BCUT2D eigenvalue weighted by molar-refractivity contribution is 7.91. The summed E-state index contributed by atoms with van der Waals surface area (Å²) in [6.07, 6.45) is 18.9. The smallest absolute Gasteiger partial charge is 0.313 e. The second-order valence-electron chi connectivity index (χ2n) is 21.6. The number of rotatable bonds is 10.